The second-order valence-electron chi connectivity index (χ2n) is 6.98. The molecule has 1 aliphatic rings. The molecule has 1 aliphatic carbocycles. The second-order valence-corrected chi connectivity index (χ2v) is 6.98. The average Bonchev–Trinajstić information content (AvgIpc) is 3.49. The molecule has 0 atom stereocenters. The molecule has 3 aromatic heterocycles. The molecule has 3 heterocycles. The van der Waals surface area contributed by atoms with Gasteiger partial charge in [0.1, 0.15) is 5.82 Å². The molecule has 3 aromatic rings. The van der Waals surface area contributed by atoms with Crippen LogP contribution >= 0.6 is 0 Å². The number of aromatic nitrogens is 3. The van der Waals surface area contributed by atoms with Gasteiger partial charge in [-0.25, -0.2) is 4.98 Å². The lowest BCUT2D eigenvalue weighted by atomic mass is 10.2. The first-order valence-corrected chi connectivity index (χ1v) is 9.18. The van der Waals surface area contributed by atoms with Gasteiger partial charge in [0.25, 0.3) is 11.8 Å². The Morgan fingerprint density at radius 2 is 1.93 bits per heavy atom. The molecule has 0 unspecified atom stereocenters. The predicted octanol–water partition coefficient (Wildman–Crippen LogP) is 3.51. The number of carbonyl (C=O) groups is 2. The maximum atomic E-state index is 12.7. The van der Waals surface area contributed by atoms with E-state index >= 15 is 0 Å². The lowest BCUT2D eigenvalue weighted by Crippen LogP contribution is -2.16. The third-order valence-corrected chi connectivity index (χ3v) is 5.00. The number of anilines is 2. The molecule has 2 N–H and O–H groups in total. The number of pyridine rings is 2. The molecule has 142 valence electrons. The molecular weight excluding hydrogens is 354 g/mol. The minimum absolute atomic E-state index is 0.225. The largest absolute Gasteiger partial charge is 0.351 e. The summed E-state index contributed by atoms with van der Waals surface area (Å²) in [5.74, 6) is 0.373. The van der Waals surface area contributed by atoms with Gasteiger partial charge in [0.2, 0.25) is 0 Å². The van der Waals surface area contributed by atoms with E-state index in [1.807, 2.05) is 20.0 Å². The van der Waals surface area contributed by atoms with E-state index in [1.165, 1.54) is 24.7 Å². The SMILES string of the molecule is Cc1c(C(=O)Nc2cc(C(=O)Nc3cccnc3)ccn2)cc(C2CC2)n1C. The van der Waals surface area contributed by atoms with Gasteiger partial charge in [-0.2, -0.15) is 0 Å². The third-order valence-electron chi connectivity index (χ3n) is 5.00. The zero-order valence-electron chi connectivity index (χ0n) is 15.8. The van der Waals surface area contributed by atoms with Crippen molar-refractivity contribution < 1.29 is 9.59 Å². The Morgan fingerprint density at radius 3 is 2.64 bits per heavy atom. The summed E-state index contributed by atoms with van der Waals surface area (Å²) >= 11 is 0. The number of amides is 2. The van der Waals surface area contributed by atoms with E-state index in [0.717, 1.165) is 5.69 Å². The highest BCUT2D eigenvalue weighted by molar-refractivity contribution is 6.07. The molecule has 0 spiro atoms. The van der Waals surface area contributed by atoms with E-state index in [4.69, 9.17) is 0 Å². The molecule has 0 saturated heterocycles. The Bertz CT molecular complexity index is 1040. The van der Waals surface area contributed by atoms with Crippen molar-refractivity contribution in [2.75, 3.05) is 10.6 Å². The van der Waals surface area contributed by atoms with E-state index in [0.29, 0.717) is 28.6 Å². The standard InChI is InChI=1S/C21H21N5O2/c1-13-17(11-18(26(13)2)14-5-6-14)21(28)25-19-10-15(7-9-23-19)20(27)24-16-4-3-8-22-12-16/h3-4,7-12,14H,5-6H2,1-2H3,(H,24,27)(H,23,25,28). The topological polar surface area (TPSA) is 88.9 Å². The Kier molecular flexibility index (Phi) is 4.65. The second kappa shape index (κ2) is 7.26. The summed E-state index contributed by atoms with van der Waals surface area (Å²) in [5.41, 5.74) is 3.75. The van der Waals surface area contributed by atoms with Crippen LogP contribution in [0.3, 0.4) is 0 Å². The van der Waals surface area contributed by atoms with Crippen molar-refractivity contribution in [1.29, 1.82) is 0 Å². The predicted molar refractivity (Wildman–Crippen MR) is 107 cm³/mol. The highest BCUT2D eigenvalue weighted by Crippen LogP contribution is 2.41. The number of carbonyl (C=O) groups excluding carboxylic acids is 2. The molecule has 4 rings (SSSR count). The Hall–Kier alpha value is -3.48. The molecule has 7 heteroatoms. The number of nitrogens with one attached hydrogen (secondary N) is 2. The number of hydrogen-bond donors (Lipinski definition) is 2. The molecule has 0 aliphatic heterocycles. The van der Waals surface area contributed by atoms with Gasteiger partial charge in [-0.05, 0) is 56.0 Å². The summed E-state index contributed by atoms with van der Waals surface area (Å²) in [6.45, 7) is 1.94. The van der Waals surface area contributed by atoms with Crippen molar-refractivity contribution >= 4 is 23.3 Å². The van der Waals surface area contributed by atoms with E-state index < -0.39 is 0 Å². The Morgan fingerprint density at radius 1 is 1.11 bits per heavy atom. The van der Waals surface area contributed by atoms with Gasteiger partial charge in [-0.15, -0.1) is 0 Å². The van der Waals surface area contributed by atoms with Gasteiger partial charge in [0.05, 0.1) is 17.4 Å². The highest BCUT2D eigenvalue weighted by Gasteiger charge is 2.29. The first-order chi connectivity index (χ1) is 13.5. The van der Waals surface area contributed by atoms with Crippen LogP contribution < -0.4 is 10.6 Å². The zero-order valence-corrected chi connectivity index (χ0v) is 15.8. The summed E-state index contributed by atoms with van der Waals surface area (Å²) in [6, 6.07) is 8.61. The summed E-state index contributed by atoms with van der Waals surface area (Å²) in [6.07, 6.45) is 7.05. The lowest BCUT2D eigenvalue weighted by molar-refractivity contribution is 0.101. The quantitative estimate of drug-likeness (QED) is 0.714. The average molecular weight is 375 g/mol. The van der Waals surface area contributed by atoms with Gasteiger partial charge in [0.15, 0.2) is 0 Å². The minimum atomic E-state index is -0.294. The highest BCUT2D eigenvalue weighted by atomic mass is 16.2. The van der Waals surface area contributed by atoms with Crippen LogP contribution in [0.1, 0.15) is 50.9 Å². The Labute approximate surface area is 162 Å². The summed E-state index contributed by atoms with van der Waals surface area (Å²) in [7, 11) is 1.99. The van der Waals surface area contributed by atoms with Crippen molar-refractivity contribution in [2.24, 2.45) is 7.05 Å². The van der Waals surface area contributed by atoms with Crippen LogP contribution in [0.25, 0.3) is 0 Å². The van der Waals surface area contributed by atoms with Crippen LogP contribution in [0.2, 0.25) is 0 Å². The van der Waals surface area contributed by atoms with Gasteiger partial charge < -0.3 is 15.2 Å². The fourth-order valence-electron chi connectivity index (χ4n) is 3.19. The first kappa shape index (κ1) is 17.9. The van der Waals surface area contributed by atoms with Crippen LogP contribution in [-0.2, 0) is 7.05 Å². The molecule has 2 amide bonds. The zero-order chi connectivity index (χ0) is 19.7. The Balaban J connectivity index is 1.50. The summed E-state index contributed by atoms with van der Waals surface area (Å²) in [4.78, 5) is 33.3. The van der Waals surface area contributed by atoms with Crippen LogP contribution in [0.4, 0.5) is 11.5 Å². The van der Waals surface area contributed by atoms with Gasteiger partial charge in [-0.3, -0.25) is 14.6 Å². The molecule has 0 radical (unpaired) electrons. The molecular formula is C21H21N5O2. The minimum Gasteiger partial charge on any atom is -0.351 e. The molecule has 7 nitrogen and oxygen atoms in total. The molecule has 0 bridgehead atoms. The van der Waals surface area contributed by atoms with E-state index in [9.17, 15) is 9.59 Å². The third kappa shape index (κ3) is 3.64. The number of nitrogens with zero attached hydrogens (tertiary/aromatic N) is 3. The summed E-state index contributed by atoms with van der Waals surface area (Å²) < 4.78 is 2.08. The van der Waals surface area contributed by atoms with E-state index in [-0.39, 0.29) is 11.8 Å². The maximum Gasteiger partial charge on any atom is 0.258 e. The smallest absolute Gasteiger partial charge is 0.258 e. The van der Waals surface area contributed by atoms with Gasteiger partial charge >= 0.3 is 0 Å². The van der Waals surface area contributed by atoms with Crippen LogP contribution in [-0.4, -0.2) is 26.3 Å². The van der Waals surface area contributed by atoms with Crippen molar-refractivity contribution in [1.82, 2.24) is 14.5 Å². The van der Waals surface area contributed by atoms with Crippen molar-refractivity contribution in [2.45, 2.75) is 25.7 Å². The molecule has 28 heavy (non-hydrogen) atoms. The van der Waals surface area contributed by atoms with Crippen molar-refractivity contribution in [3.8, 4) is 0 Å². The molecule has 0 aromatic carbocycles. The van der Waals surface area contributed by atoms with Crippen LogP contribution in [0.5, 0.6) is 0 Å². The fraction of sp³-hybridized carbons (Fsp3) is 0.238. The first-order valence-electron chi connectivity index (χ1n) is 9.18. The summed E-state index contributed by atoms with van der Waals surface area (Å²) in [5, 5.41) is 5.57. The van der Waals surface area contributed by atoms with Crippen LogP contribution in [0, 0.1) is 6.92 Å². The fourth-order valence-corrected chi connectivity index (χ4v) is 3.19. The van der Waals surface area contributed by atoms with Crippen molar-refractivity contribution in [3.63, 3.8) is 0 Å². The molecule has 1 saturated carbocycles. The lowest BCUT2D eigenvalue weighted by Gasteiger charge is -2.08. The van der Waals surface area contributed by atoms with Gasteiger partial charge in [-0.1, -0.05) is 0 Å². The number of rotatable bonds is 5. The van der Waals surface area contributed by atoms with Gasteiger partial charge in [0, 0.05) is 36.4 Å². The van der Waals surface area contributed by atoms with Crippen LogP contribution in [0.15, 0.2) is 48.9 Å². The molecule has 1 fully saturated rings. The van der Waals surface area contributed by atoms with E-state index in [2.05, 4.69) is 25.2 Å². The number of hydrogen-bond acceptors (Lipinski definition) is 4. The normalized spacial score (nSPS) is 13.2. The van der Waals surface area contributed by atoms with E-state index in [1.54, 1.807) is 36.7 Å². The maximum absolute atomic E-state index is 12.7. The van der Waals surface area contributed by atoms with Crippen molar-refractivity contribution in [3.05, 3.63) is 71.4 Å². The monoisotopic (exact) mass is 375 g/mol.